The molecule has 0 aromatic heterocycles. The van der Waals surface area contributed by atoms with E-state index >= 15 is 0 Å². The Hall–Kier alpha value is -1.10. The van der Waals surface area contributed by atoms with Crippen LogP contribution in [0.15, 0.2) is 0 Å². The lowest BCUT2D eigenvalue weighted by Crippen LogP contribution is -2.38. The smallest absolute Gasteiger partial charge is 0.248 e. The quantitative estimate of drug-likeness (QED) is 0.559. The highest BCUT2D eigenvalue weighted by atomic mass is 16.5. The number of nitrogens with one attached hydrogen (secondary N) is 2. The number of hydrogen-bond acceptors (Lipinski definition) is 3. The number of ether oxygens (including phenoxy) is 1. The molecule has 13 heavy (non-hydrogen) atoms. The van der Waals surface area contributed by atoms with Gasteiger partial charge < -0.3 is 15.4 Å². The van der Waals surface area contributed by atoms with Gasteiger partial charge in [0.1, 0.15) is 6.10 Å². The summed E-state index contributed by atoms with van der Waals surface area (Å²) in [6.07, 6.45) is -0.447. The molecule has 5 nitrogen and oxygen atoms in total. The van der Waals surface area contributed by atoms with Crippen LogP contribution < -0.4 is 10.6 Å². The third-order valence-corrected chi connectivity index (χ3v) is 1.52. The largest absolute Gasteiger partial charge is 0.372 e. The monoisotopic (exact) mass is 188 g/mol. The van der Waals surface area contributed by atoms with Gasteiger partial charge in [-0.1, -0.05) is 0 Å². The van der Waals surface area contributed by atoms with Crippen LogP contribution in [0.5, 0.6) is 0 Å². The van der Waals surface area contributed by atoms with Crippen molar-refractivity contribution in [1.29, 1.82) is 0 Å². The number of methoxy groups -OCH3 is 1. The van der Waals surface area contributed by atoms with Crippen LogP contribution in [-0.4, -0.2) is 38.1 Å². The van der Waals surface area contributed by atoms with E-state index in [0.717, 1.165) is 0 Å². The molecule has 0 heterocycles. The van der Waals surface area contributed by atoms with Crippen LogP contribution in [0, 0.1) is 0 Å². The van der Waals surface area contributed by atoms with Crippen LogP contribution in [0.3, 0.4) is 0 Å². The Morgan fingerprint density at radius 3 is 2.31 bits per heavy atom. The molecule has 1 unspecified atom stereocenters. The fourth-order valence-corrected chi connectivity index (χ4v) is 0.675. The normalized spacial score (nSPS) is 11.9. The highest BCUT2D eigenvalue weighted by molar-refractivity contribution is 5.80. The molecule has 0 aromatic carbocycles. The van der Waals surface area contributed by atoms with Gasteiger partial charge in [0.2, 0.25) is 11.8 Å². The van der Waals surface area contributed by atoms with Gasteiger partial charge >= 0.3 is 0 Å². The molecule has 0 radical (unpaired) electrons. The van der Waals surface area contributed by atoms with Crippen LogP contribution >= 0.6 is 0 Å². The summed E-state index contributed by atoms with van der Waals surface area (Å²) in [4.78, 5) is 21.5. The lowest BCUT2D eigenvalue weighted by atomic mass is 10.4. The first-order valence-electron chi connectivity index (χ1n) is 4.13. The molecule has 0 rings (SSSR count). The second-order valence-corrected chi connectivity index (χ2v) is 2.65. The molecular weight excluding hydrogens is 172 g/mol. The molecule has 0 saturated heterocycles. The Labute approximate surface area is 77.8 Å². The zero-order valence-corrected chi connectivity index (χ0v) is 8.22. The Morgan fingerprint density at radius 1 is 1.31 bits per heavy atom. The van der Waals surface area contributed by atoms with Crippen molar-refractivity contribution in [1.82, 2.24) is 10.6 Å². The van der Waals surface area contributed by atoms with Gasteiger partial charge in [-0.15, -0.1) is 0 Å². The van der Waals surface area contributed by atoms with Gasteiger partial charge in [-0.25, -0.2) is 0 Å². The molecule has 0 aliphatic rings. The Morgan fingerprint density at radius 2 is 1.85 bits per heavy atom. The zero-order chi connectivity index (χ0) is 10.3. The molecule has 0 aromatic rings. The minimum atomic E-state index is -0.447. The van der Waals surface area contributed by atoms with Crippen molar-refractivity contribution in [2.24, 2.45) is 0 Å². The summed E-state index contributed by atoms with van der Waals surface area (Å²) in [6, 6.07) is 0. The number of carbonyl (C=O) groups is 2. The van der Waals surface area contributed by atoms with E-state index in [2.05, 4.69) is 10.6 Å². The third-order valence-electron chi connectivity index (χ3n) is 1.52. The average Bonchev–Trinajstić information content (AvgIpc) is 2.10. The van der Waals surface area contributed by atoms with Crippen LogP contribution in [-0.2, 0) is 14.3 Å². The molecule has 0 aliphatic carbocycles. The van der Waals surface area contributed by atoms with E-state index < -0.39 is 6.10 Å². The van der Waals surface area contributed by atoms with E-state index in [0.29, 0.717) is 13.1 Å². The summed E-state index contributed by atoms with van der Waals surface area (Å²) in [6.45, 7) is 3.96. The van der Waals surface area contributed by atoms with E-state index in [4.69, 9.17) is 4.74 Å². The van der Waals surface area contributed by atoms with Gasteiger partial charge in [0.15, 0.2) is 0 Å². The summed E-state index contributed by atoms with van der Waals surface area (Å²) >= 11 is 0. The summed E-state index contributed by atoms with van der Waals surface area (Å²) in [5, 5.41) is 5.17. The summed E-state index contributed by atoms with van der Waals surface area (Å²) < 4.78 is 4.79. The van der Waals surface area contributed by atoms with Crippen LogP contribution in [0.25, 0.3) is 0 Å². The molecule has 76 valence electrons. The van der Waals surface area contributed by atoms with Crippen molar-refractivity contribution in [2.45, 2.75) is 20.0 Å². The molecule has 5 heteroatoms. The van der Waals surface area contributed by atoms with Gasteiger partial charge in [-0.2, -0.15) is 0 Å². The van der Waals surface area contributed by atoms with Crippen molar-refractivity contribution in [3.05, 3.63) is 0 Å². The van der Waals surface area contributed by atoms with Gasteiger partial charge in [-0.05, 0) is 6.92 Å². The summed E-state index contributed by atoms with van der Waals surface area (Å²) in [5.41, 5.74) is 0. The number of amides is 2. The molecule has 2 amide bonds. The molecule has 0 spiro atoms. The minimum Gasteiger partial charge on any atom is -0.372 e. The molecule has 2 N–H and O–H groups in total. The maximum absolute atomic E-state index is 11.1. The highest BCUT2D eigenvalue weighted by Gasteiger charge is 2.09. The van der Waals surface area contributed by atoms with Gasteiger partial charge in [-0.3, -0.25) is 9.59 Å². The SMILES string of the molecule is COC(C)C(=O)NCCNC(C)=O. The molecule has 0 aliphatic heterocycles. The predicted octanol–water partition coefficient (Wildman–Crippen LogP) is -0.726. The Balaban J connectivity index is 3.42. The van der Waals surface area contributed by atoms with E-state index in [1.807, 2.05) is 0 Å². The van der Waals surface area contributed by atoms with Crippen molar-refractivity contribution >= 4 is 11.8 Å². The van der Waals surface area contributed by atoms with Crippen molar-refractivity contribution in [3.63, 3.8) is 0 Å². The van der Waals surface area contributed by atoms with Gasteiger partial charge in [0.05, 0.1) is 0 Å². The molecule has 0 fully saturated rings. The fourth-order valence-electron chi connectivity index (χ4n) is 0.675. The Bertz CT molecular complexity index is 182. The van der Waals surface area contributed by atoms with Crippen molar-refractivity contribution < 1.29 is 14.3 Å². The molecular formula is C8H16N2O3. The second kappa shape index (κ2) is 6.42. The number of hydrogen-bond donors (Lipinski definition) is 2. The van der Waals surface area contributed by atoms with Gasteiger partial charge in [0.25, 0.3) is 0 Å². The standard InChI is InChI=1S/C8H16N2O3/c1-6(13-3)8(12)10-5-4-9-7(2)11/h6H,4-5H2,1-3H3,(H,9,11)(H,10,12). The van der Waals surface area contributed by atoms with Gasteiger partial charge in [0, 0.05) is 27.1 Å². The van der Waals surface area contributed by atoms with Crippen LogP contribution in [0.4, 0.5) is 0 Å². The van der Waals surface area contributed by atoms with E-state index in [9.17, 15) is 9.59 Å². The Kier molecular flexibility index (Phi) is 5.88. The van der Waals surface area contributed by atoms with Crippen LogP contribution in [0.2, 0.25) is 0 Å². The van der Waals surface area contributed by atoms with Crippen molar-refractivity contribution in [3.8, 4) is 0 Å². The first-order valence-corrected chi connectivity index (χ1v) is 4.13. The third kappa shape index (κ3) is 6.10. The topological polar surface area (TPSA) is 67.4 Å². The zero-order valence-electron chi connectivity index (χ0n) is 8.22. The average molecular weight is 188 g/mol. The highest BCUT2D eigenvalue weighted by Crippen LogP contribution is 1.85. The van der Waals surface area contributed by atoms with E-state index in [1.54, 1.807) is 6.92 Å². The fraction of sp³-hybridized carbons (Fsp3) is 0.750. The number of carbonyl (C=O) groups excluding carboxylic acids is 2. The maximum Gasteiger partial charge on any atom is 0.248 e. The first kappa shape index (κ1) is 11.9. The number of rotatable bonds is 5. The predicted molar refractivity (Wildman–Crippen MR) is 48.2 cm³/mol. The summed E-state index contributed by atoms with van der Waals surface area (Å²) in [7, 11) is 1.47. The van der Waals surface area contributed by atoms with Crippen molar-refractivity contribution in [2.75, 3.05) is 20.2 Å². The summed E-state index contributed by atoms with van der Waals surface area (Å²) in [5.74, 6) is -0.276. The molecule has 0 bridgehead atoms. The van der Waals surface area contributed by atoms with Crippen LogP contribution in [0.1, 0.15) is 13.8 Å². The van der Waals surface area contributed by atoms with E-state index in [1.165, 1.54) is 14.0 Å². The maximum atomic E-state index is 11.1. The first-order chi connectivity index (χ1) is 6.07. The second-order valence-electron chi connectivity index (χ2n) is 2.65. The molecule has 1 atom stereocenters. The molecule has 0 saturated carbocycles. The van der Waals surface area contributed by atoms with E-state index in [-0.39, 0.29) is 11.8 Å². The lowest BCUT2D eigenvalue weighted by Gasteiger charge is -2.10. The lowest BCUT2D eigenvalue weighted by molar-refractivity contribution is -0.130. The minimum absolute atomic E-state index is 0.103.